The highest BCUT2D eigenvalue weighted by Gasteiger charge is 2.59. The van der Waals surface area contributed by atoms with Gasteiger partial charge in [-0.15, -0.1) is 0 Å². The topological polar surface area (TPSA) is 0 Å². The summed E-state index contributed by atoms with van der Waals surface area (Å²) in [4.78, 5) is 0.663. The summed E-state index contributed by atoms with van der Waals surface area (Å²) in [7, 11) is 0. The second-order valence-electron chi connectivity index (χ2n) is 9.27. The summed E-state index contributed by atoms with van der Waals surface area (Å²) >= 11 is 5.86. The minimum Gasteiger partial charge on any atom is -0.152 e. The van der Waals surface area contributed by atoms with Crippen LogP contribution in [0.2, 0.25) is 0 Å². The first-order valence-electron chi connectivity index (χ1n) is 8.53. The van der Waals surface area contributed by atoms with Gasteiger partial charge in [-0.05, 0) is 95.9 Å². The second kappa shape index (κ2) is 4.84. The third-order valence-corrected chi connectivity index (χ3v) is 7.81. The molecule has 0 aliphatic heterocycles. The van der Waals surface area contributed by atoms with Gasteiger partial charge in [-0.2, -0.15) is 11.3 Å². The van der Waals surface area contributed by atoms with Crippen LogP contribution >= 0.6 is 27.3 Å². The minimum atomic E-state index is 0.646. The van der Waals surface area contributed by atoms with Crippen molar-refractivity contribution in [1.29, 1.82) is 0 Å². The van der Waals surface area contributed by atoms with Crippen LogP contribution in [0.15, 0.2) is 16.8 Å². The summed E-state index contributed by atoms with van der Waals surface area (Å²) in [6.45, 7) is 5.18. The fraction of sp³-hybridized carbons (Fsp3) is 0.789. The van der Waals surface area contributed by atoms with Crippen molar-refractivity contribution in [3.8, 4) is 0 Å². The summed E-state index contributed by atoms with van der Waals surface area (Å²) in [6.07, 6.45) is 11.6. The van der Waals surface area contributed by atoms with Crippen LogP contribution < -0.4 is 0 Å². The Balaban J connectivity index is 1.51. The van der Waals surface area contributed by atoms with Crippen LogP contribution in [0.25, 0.3) is 0 Å². The van der Waals surface area contributed by atoms with Gasteiger partial charge in [0.1, 0.15) is 0 Å². The minimum absolute atomic E-state index is 0.646. The number of rotatable bonds is 4. The first-order valence-corrected chi connectivity index (χ1v) is 10.4. The summed E-state index contributed by atoms with van der Waals surface area (Å²) in [5.74, 6) is 1.03. The third kappa shape index (κ3) is 2.76. The van der Waals surface area contributed by atoms with E-state index in [1.54, 1.807) is 0 Å². The van der Waals surface area contributed by atoms with E-state index in [4.69, 9.17) is 0 Å². The van der Waals surface area contributed by atoms with E-state index in [0.717, 1.165) is 5.92 Å². The van der Waals surface area contributed by atoms with E-state index in [9.17, 15) is 0 Å². The molecule has 4 fully saturated rings. The van der Waals surface area contributed by atoms with E-state index in [-0.39, 0.29) is 0 Å². The fourth-order valence-electron chi connectivity index (χ4n) is 7.12. The monoisotopic (exact) mass is 366 g/mol. The Kier molecular flexibility index (Phi) is 3.40. The molecule has 4 bridgehead atoms. The largest absolute Gasteiger partial charge is 0.152 e. The molecule has 3 atom stereocenters. The molecule has 4 saturated carbocycles. The molecule has 1 aromatic heterocycles. The molecule has 0 aromatic carbocycles. The quantitative estimate of drug-likeness (QED) is 0.537. The van der Waals surface area contributed by atoms with Crippen LogP contribution in [-0.4, -0.2) is 4.83 Å². The molecule has 0 N–H and O–H groups in total. The maximum absolute atomic E-state index is 4.03. The Morgan fingerprint density at radius 1 is 1.19 bits per heavy atom. The van der Waals surface area contributed by atoms with Gasteiger partial charge >= 0.3 is 0 Å². The second-order valence-corrected chi connectivity index (χ2v) is 11.3. The maximum Gasteiger partial charge on any atom is 0.0191 e. The Hall–Kier alpha value is 0.180. The molecule has 0 radical (unpaired) electrons. The van der Waals surface area contributed by atoms with E-state index in [1.165, 1.54) is 56.9 Å². The van der Waals surface area contributed by atoms with Gasteiger partial charge in [0.2, 0.25) is 0 Å². The lowest BCUT2D eigenvalue weighted by atomic mass is 9.39. The van der Waals surface area contributed by atoms with Crippen LogP contribution in [0.1, 0.15) is 64.4 Å². The van der Waals surface area contributed by atoms with Gasteiger partial charge < -0.3 is 0 Å². The summed E-state index contributed by atoms with van der Waals surface area (Å²) in [6, 6.07) is 2.29. The average molecular weight is 367 g/mol. The molecule has 21 heavy (non-hydrogen) atoms. The highest BCUT2D eigenvalue weighted by molar-refractivity contribution is 9.09. The SMILES string of the molecule is CC12CC3CC(C)(C1)CC(CC(Br)Cc1ccsc1)(C3)C2. The van der Waals surface area contributed by atoms with Crippen molar-refractivity contribution in [1.82, 2.24) is 0 Å². The predicted octanol–water partition coefficient (Wildman–Crippen LogP) is 6.44. The number of halogens is 1. The number of hydrogen-bond acceptors (Lipinski definition) is 1. The van der Waals surface area contributed by atoms with Crippen molar-refractivity contribution in [2.75, 3.05) is 0 Å². The molecule has 4 aliphatic carbocycles. The molecule has 116 valence electrons. The van der Waals surface area contributed by atoms with Gasteiger partial charge in [0.05, 0.1) is 0 Å². The predicted molar refractivity (Wildman–Crippen MR) is 95.2 cm³/mol. The van der Waals surface area contributed by atoms with Gasteiger partial charge in [0.15, 0.2) is 0 Å². The molecule has 3 unspecified atom stereocenters. The highest BCUT2D eigenvalue weighted by atomic mass is 79.9. The lowest BCUT2D eigenvalue weighted by Gasteiger charge is -2.66. The Morgan fingerprint density at radius 2 is 1.90 bits per heavy atom. The summed E-state index contributed by atoms with van der Waals surface area (Å²) in [5, 5.41) is 4.53. The molecule has 5 rings (SSSR count). The Bertz CT molecular complexity index is 502. The third-order valence-electron chi connectivity index (χ3n) is 6.43. The zero-order chi connectivity index (χ0) is 14.7. The van der Waals surface area contributed by atoms with Gasteiger partial charge in [-0.3, -0.25) is 0 Å². The van der Waals surface area contributed by atoms with E-state index in [0.29, 0.717) is 21.1 Å². The molecule has 0 nitrogen and oxygen atoms in total. The van der Waals surface area contributed by atoms with Gasteiger partial charge in [-0.25, -0.2) is 0 Å². The highest BCUT2D eigenvalue weighted by Crippen LogP contribution is 2.70. The maximum atomic E-state index is 4.03. The van der Waals surface area contributed by atoms with Crippen LogP contribution in [0.4, 0.5) is 0 Å². The first kappa shape index (κ1) is 14.8. The first-order chi connectivity index (χ1) is 9.88. The van der Waals surface area contributed by atoms with Crippen molar-refractivity contribution in [2.45, 2.75) is 70.0 Å². The van der Waals surface area contributed by atoms with Crippen molar-refractivity contribution in [3.05, 3.63) is 22.4 Å². The molecule has 1 heterocycles. The lowest BCUT2D eigenvalue weighted by molar-refractivity contribution is -0.147. The zero-order valence-electron chi connectivity index (χ0n) is 13.3. The van der Waals surface area contributed by atoms with Crippen molar-refractivity contribution >= 4 is 27.3 Å². The van der Waals surface area contributed by atoms with E-state index >= 15 is 0 Å². The fourth-order valence-corrected chi connectivity index (χ4v) is 8.86. The van der Waals surface area contributed by atoms with Crippen molar-refractivity contribution in [2.24, 2.45) is 22.2 Å². The molecule has 0 spiro atoms. The molecular weight excluding hydrogens is 340 g/mol. The normalized spacial score (nSPS) is 46.0. The van der Waals surface area contributed by atoms with E-state index in [2.05, 4.69) is 46.6 Å². The van der Waals surface area contributed by atoms with Gasteiger partial charge in [0.25, 0.3) is 0 Å². The van der Waals surface area contributed by atoms with Crippen molar-refractivity contribution < 1.29 is 0 Å². The summed E-state index contributed by atoms with van der Waals surface area (Å²) < 4.78 is 0. The number of alkyl halides is 1. The Labute approximate surface area is 141 Å². The molecule has 1 aromatic rings. The van der Waals surface area contributed by atoms with Crippen LogP contribution in [0, 0.1) is 22.2 Å². The molecule has 0 saturated heterocycles. The standard InChI is InChI=1S/C19H27BrS/c1-17-6-15-7-18(2,11-17)13-19(8-15,12-17)9-16(20)5-14-3-4-21-10-14/h3-4,10,15-16H,5-9,11-13H2,1-2H3. The molecule has 4 aliphatic rings. The Morgan fingerprint density at radius 3 is 2.48 bits per heavy atom. The van der Waals surface area contributed by atoms with E-state index in [1.807, 2.05) is 11.3 Å². The van der Waals surface area contributed by atoms with Gasteiger partial charge in [0, 0.05) is 4.83 Å². The van der Waals surface area contributed by atoms with Gasteiger partial charge in [-0.1, -0.05) is 29.8 Å². The van der Waals surface area contributed by atoms with E-state index < -0.39 is 0 Å². The number of thiophene rings is 1. The van der Waals surface area contributed by atoms with Crippen LogP contribution in [-0.2, 0) is 6.42 Å². The molecule has 2 heteroatoms. The van der Waals surface area contributed by atoms with Crippen LogP contribution in [0.3, 0.4) is 0 Å². The van der Waals surface area contributed by atoms with Crippen molar-refractivity contribution in [3.63, 3.8) is 0 Å². The van der Waals surface area contributed by atoms with Crippen LogP contribution in [0.5, 0.6) is 0 Å². The zero-order valence-corrected chi connectivity index (χ0v) is 15.7. The summed E-state index contributed by atoms with van der Waals surface area (Å²) in [5.41, 5.74) is 3.48. The smallest absolute Gasteiger partial charge is 0.0191 e. The lowest BCUT2D eigenvalue weighted by Crippen LogP contribution is -2.55. The number of hydrogen-bond donors (Lipinski definition) is 0. The molecular formula is C19H27BrS. The average Bonchev–Trinajstić information content (AvgIpc) is 2.74. The molecule has 0 amide bonds.